The molecule has 1 aliphatic carbocycles. The van der Waals surface area contributed by atoms with Crippen molar-refractivity contribution in [3.05, 3.63) is 29.6 Å². The SMILES string of the molecule is NCc1c(F)cccc1Sc1nnnn1C1CCCC1. The lowest BCUT2D eigenvalue weighted by atomic mass is 10.2. The molecule has 2 N–H and O–H groups in total. The van der Waals surface area contributed by atoms with Crippen molar-refractivity contribution in [2.24, 2.45) is 5.73 Å². The molecule has 1 heterocycles. The maximum atomic E-state index is 13.7. The van der Waals surface area contributed by atoms with E-state index in [9.17, 15) is 4.39 Å². The van der Waals surface area contributed by atoms with Gasteiger partial charge in [0.05, 0.1) is 6.04 Å². The van der Waals surface area contributed by atoms with Crippen LogP contribution in [-0.2, 0) is 6.54 Å². The molecule has 1 saturated carbocycles. The largest absolute Gasteiger partial charge is 0.326 e. The quantitative estimate of drug-likeness (QED) is 0.938. The molecule has 0 saturated heterocycles. The molecule has 0 atom stereocenters. The summed E-state index contributed by atoms with van der Waals surface area (Å²) < 4.78 is 15.6. The Balaban J connectivity index is 1.88. The summed E-state index contributed by atoms with van der Waals surface area (Å²) in [6.45, 7) is 0.167. The van der Waals surface area contributed by atoms with E-state index >= 15 is 0 Å². The molecule has 3 rings (SSSR count). The van der Waals surface area contributed by atoms with Gasteiger partial charge < -0.3 is 5.73 Å². The Morgan fingerprint density at radius 1 is 1.35 bits per heavy atom. The van der Waals surface area contributed by atoms with Crippen LogP contribution < -0.4 is 5.73 Å². The number of tetrazole rings is 1. The van der Waals surface area contributed by atoms with Crippen molar-refractivity contribution in [3.8, 4) is 0 Å². The van der Waals surface area contributed by atoms with E-state index in [0.29, 0.717) is 16.8 Å². The molecule has 1 aromatic heterocycles. The summed E-state index contributed by atoms with van der Waals surface area (Å²) in [6.07, 6.45) is 4.63. The molecule has 1 aromatic carbocycles. The maximum Gasteiger partial charge on any atom is 0.214 e. The first-order valence-corrected chi connectivity index (χ1v) is 7.54. The molecular weight excluding hydrogens is 277 g/mol. The Morgan fingerprint density at radius 2 is 2.15 bits per heavy atom. The second-order valence-corrected chi connectivity index (χ2v) is 5.88. The fourth-order valence-electron chi connectivity index (χ4n) is 2.56. The highest BCUT2D eigenvalue weighted by Gasteiger charge is 2.22. The van der Waals surface area contributed by atoms with Gasteiger partial charge in [-0.1, -0.05) is 18.9 Å². The topological polar surface area (TPSA) is 69.6 Å². The Morgan fingerprint density at radius 3 is 2.90 bits per heavy atom. The van der Waals surface area contributed by atoms with Crippen LogP contribution in [0.25, 0.3) is 0 Å². The normalized spacial score (nSPS) is 15.9. The first kappa shape index (κ1) is 13.5. The Kier molecular flexibility index (Phi) is 3.98. The van der Waals surface area contributed by atoms with Crippen LogP contribution in [0.5, 0.6) is 0 Å². The van der Waals surface area contributed by atoms with Crippen LogP contribution >= 0.6 is 11.8 Å². The third kappa shape index (κ3) is 2.55. The Hall–Kier alpha value is -1.47. The minimum absolute atomic E-state index is 0.167. The third-order valence-electron chi connectivity index (χ3n) is 3.61. The molecule has 0 aliphatic heterocycles. The summed E-state index contributed by atoms with van der Waals surface area (Å²) >= 11 is 1.38. The van der Waals surface area contributed by atoms with Crippen LogP contribution in [0.15, 0.2) is 28.3 Å². The first-order chi connectivity index (χ1) is 9.79. The van der Waals surface area contributed by atoms with Gasteiger partial charge in [0.1, 0.15) is 5.82 Å². The minimum Gasteiger partial charge on any atom is -0.326 e. The predicted molar refractivity (Wildman–Crippen MR) is 73.7 cm³/mol. The summed E-state index contributed by atoms with van der Waals surface area (Å²) in [5, 5.41) is 12.6. The van der Waals surface area contributed by atoms with Gasteiger partial charge in [0.15, 0.2) is 0 Å². The third-order valence-corrected chi connectivity index (χ3v) is 4.67. The standard InChI is InChI=1S/C13H16FN5S/c14-11-6-3-7-12(10(11)8-15)20-13-16-17-18-19(13)9-4-1-2-5-9/h3,6-7,9H,1-2,4-5,8,15H2. The number of hydrogen-bond donors (Lipinski definition) is 1. The van der Waals surface area contributed by atoms with Gasteiger partial charge in [-0.2, -0.15) is 0 Å². The molecule has 0 unspecified atom stereocenters. The molecule has 0 spiro atoms. The second-order valence-electron chi connectivity index (χ2n) is 4.87. The van der Waals surface area contributed by atoms with Crippen molar-refractivity contribution in [1.29, 1.82) is 0 Å². The zero-order valence-electron chi connectivity index (χ0n) is 11.0. The van der Waals surface area contributed by atoms with E-state index in [-0.39, 0.29) is 12.4 Å². The highest BCUT2D eigenvalue weighted by molar-refractivity contribution is 7.99. The van der Waals surface area contributed by atoms with Gasteiger partial charge in [0, 0.05) is 17.0 Å². The zero-order chi connectivity index (χ0) is 13.9. The molecule has 5 nitrogen and oxygen atoms in total. The van der Waals surface area contributed by atoms with Crippen molar-refractivity contribution in [1.82, 2.24) is 20.2 Å². The van der Waals surface area contributed by atoms with Gasteiger partial charge in [-0.15, -0.1) is 5.10 Å². The summed E-state index contributed by atoms with van der Waals surface area (Å²) in [5.74, 6) is -0.280. The lowest BCUT2D eigenvalue weighted by Gasteiger charge is -2.12. The molecule has 2 aromatic rings. The molecule has 0 amide bonds. The number of hydrogen-bond acceptors (Lipinski definition) is 5. The maximum absolute atomic E-state index is 13.7. The molecule has 7 heteroatoms. The second kappa shape index (κ2) is 5.88. The van der Waals surface area contributed by atoms with Crippen LogP contribution in [0.1, 0.15) is 37.3 Å². The fraction of sp³-hybridized carbons (Fsp3) is 0.462. The van der Waals surface area contributed by atoms with Gasteiger partial charge in [-0.05, 0) is 47.2 Å². The highest BCUT2D eigenvalue weighted by atomic mass is 32.2. The molecule has 20 heavy (non-hydrogen) atoms. The van der Waals surface area contributed by atoms with E-state index in [0.717, 1.165) is 17.7 Å². The van der Waals surface area contributed by atoms with Crippen molar-refractivity contribution >= 4 is 11.8 Å². The summed E-state index contributed by atoms with van der Waals surface area (Å²) in [4.78, 5) is 0.779. The monoisotopic (exact) mass is 293 g/mol. The molecule has 0 bridgehead atoms. The number of nitrogens with zero attached hydrogens (tertiary/aromatic N) is 4. The van der Waals surface area contributed by atoms with Gasteiger partial charge in [-0.25, -0.2) is 9.07 Å². The van der Waals surface area contributed by atoms with E-state index in [2.05, 4.69) is 15.5 Å². The molecule has 0 radical (unpaired) electrons. The van der Waals surface area contributed by atoms with Crippen LogP contribution in [0.4, 0.5) is 4.39 Å². The van der Waals surface area contributed by atoms with E-state index in [1.807, 2.05) is 10.7 Å². The Labute approximate surface area is 120 Å². The van der Waals surface area contributed by atoms with Gasteiger partial charge in [0.25, 0.3) is 0 Å². The summed E-state index contributed by atoms with van der Waals surface area (Å²) in [6, 6.07) is 5.32. The number of nitrogens with two attached hydrogens (primary N) is 1. The highest BCUT2D eigenvalue weighted by Crippen LogP contribution is 2.35. The van der Waals surface area contributed by atoms with Gasteiger partial charge >= 0.3 is 0 Å². The van der Waals surface area contributed by atoms with E-state index in [1.165, 1.54) is 30.7 Å². The zero-order valence-corrected chi connectivity index (χ0v) is 11.8. The van der Waals surface area contributed by atoms with Crippen molar-refractivity contribution in [3.63, 3.8) is 0 Å². The van der Waals surface area contributed by atoms with Crippen molar-refractivity contribution in [2.45, 2.75) is 48.3 Å². The van der Waals surface area contributed by atoms with Crippen LogP contribution in [-0.4, -0.2) is 20.2 Å². The first-order valence-electron chi connectivity index (χ1n) is 6.72. The van der Waals surface area contributed by atoms with E-state index in [1.54, 1.807) is 6.07 Å². The van der Waals surface area contributed by atoms with Gasteiger partial charge in [0.2, 0.25) is 5.16 Å². The molecule has 1 fully saturated rings. The number of rotatable bonds is 4. The average molecular weight is 293 g/mol. The van der Waals surface area contributed by atoms with E-state index in [4.69, 9.17) is 5.73 Å². The molecule has 106 valence electrons. The lowest BCUT2D eigenvalue weighted by Crippen LogP contribution is -2.08. The molecular formula is C13H16FN5S. The predicted octanol–water partition coefficient (Wildman–Crippen LogP) is 2.54. The lowest BCUT2D eigenvalue weighted by molar-refractivity contribution is 0.423. The summed E-state index contributed by atoms with van der Waals surface area (Å²) in [7, 11) is 0. The molecule has 1 aliphatic rings. The van der Waals surface area contributed by atoms with Crippen LogP contribution in [0, 0.1) is 5.82 Å². The summed E-state index contributed by atoms with van der Waals surface area (Å²) in [5.41, 5.74) is 6.14. The van der Waals surface area contributed by atoms with Crippen molar-refractivity contribution in [2.75, 3.05) is 0 Å². The van der Waals surface area contributed by atoms with E-state index < -0.39 is 0 Å². The minimum atomic E-state index is -0.280. The Bertz CT molecular complexity index is 594. The smallest absolute Gasteiger partial charge is 0.214 e. The van der Waals surface area contributed by atoms with Gasteiger partial charge in [-0.3, -0.25) is 0 Å². The average Bonchev–Trinajstić information content (AvgIpc) is 3.09. The number of benzene rings is 1. The number of aromatic nitrogens is 4. The van der Waals surface area contributed by atoms with Crippen LogP contribution in [0.2, 0.25) is 0 Å². The fourth-order valence-corrected chi connectivity index (χ4v) is 3.57. The van der Waals surface area contributed by atoms with Crippen LogP contribution in [0.3, 0.4) is 0 Å². The number of halogens is 1. The van der Waals surface area contributed by atoms with Crippen molar-refractivity contribution < 1.29 is 4.39 Å².